The van der Waals surface area contributed by atoms with Gasteiger partial charge in [0.2, 0.25) is 0 Å². The third-order valence-electron chi connectivity index (χ3n) is 13.2. The highest BCUT2D eigenvalue weighted by Crippen LogP contribution is 2.68. The lowest BCUT2D eigenvalue weighted by Crippen LogP contribution is -2.81. The van der Waals surface area contributed by atoms with Gasteiger partial charge in [0, 0.05) is 37.5 Å². The van der Waals surface area contributed by atoms with Crippen molar-refractivity contribution in [2.24, 2.45) is 22.2 Å². The highest BCUT2D eigenvalue weighted by Gasteiger charge is 2.79. The first-order valence-corrected chi connectivity index (χ1v) is 20.6. The van der Waals surface area contributed by atoms with Crippen LogP contribution in [0.3, 0.4) is 0 Å². The van der Waals surface area contributed by atoms with Gasteiger partial charge >= 0.3 is 30.0 Å². The molecule has 0 aromatic heterocycles. The van der Waals surface area contributed by atoms with Crippen molar-refractivity contribution < 1.29 is 72.8 Å². The van der Waals surface area contributed by atoms with Crippen LogP contribution in [0.2, 0.25) is 0 Å². The molecule has 1 amide bonds. The van der Waals surface area contributed by atoms with Crippen LogP contribution in [0.1, 0.15) is 112 Å². The summed E-state index contributed by atoms with van der Waals surface area (Å²) in [6, 6.07) is 6.79. The summed E-state index contributed by atoms with van der Waals surface area (Å²) < 4.78 is 36.1. The first-order chi connectivity index (χ1) is 27.7. The van der Waals surface area contributed by atoms with Crippen LogP contribution in [0.15, 0.2) is 41.5 Å². The molecule has 2 unspecified atom stereocenters. The monoisotopic (exact) mass is 845 g/mol. The lowest BCUT2D eigenvalue weighted by atomic mass is 9.40. The van der Waals surface area contributed by atoms with E-state index in [-0.39, 0.29) is 48.5 Å². The number of ether oxygens (including phenoxy) is 6. The van der Waals surface area contributed by atoms with Crippen LogP contribution in [-0.2, 0) is 42.8 Å². The van der Waals surface area contributed by atoms with Gasteiger partial charge < -0.3 is 54.2 Å². The van der Waals surface area contributed by atoms with E-state index in [1.165, 1.54) is 26.0 Å². The van der Waals surface area contributed by atoms with Crippen molar-refractivity contribution in [1.29, 1.82) is 0 Å². The number of amides is 1. The zero-order valence-electron chi connectivity index (χ0n) is 36.5. The minimum Gasteiger partial charge on any atom is -0.459 e. The third-order valence-corrected chi connectivity index (χ3v) is 13.2. The largest absolute Gasteiger partial charge is 0.459 e. The minimum absolute atomic E-state index is 0.0128. The average Bonchev–Trinajstić information content (AvgIpc) is 3.13. The van der Waals surface area contributed by atoms with Crippen LogP contribution in [0.4, 0.5) is 4.79 Å². The number of carbonyl (C=O) groups excluding carboxylic acids is 5. The van der Waals surface area contributed by atoms with Gasteiger partial charge in [0.05, 0.1) is 35.8 Å². The fourth-order valence-electron chi connectivity index (χ4n) is 10.3. The Hall–Kier alpha value is -4.09. The number of benzene rings is 1. The summed E-state index contributed by atoms with van der Waals surface area (Å²) in [6.07, 6.45) is -13.5. The van der Waals surface area contributed by atoms with Gasteiger partial charge in [-0.2, -0.15) is 0 Å². The molecule has 1 aliphatic heterocycles. The molecule has 60 heavy (non-hydrogen) atoms. The second-order valence-corrected chi connectivity index (χ2v) is 19.1. The second-order valence-electron chi connectivity index (χ2n) is 19.1. The van der Waals surface area contributed by atoms with Crippen LogP contribution in [0, 0.1) is 22.2 Å². The molecule has 1 spiro atoms. The molecule has 12 atom stereocenters. The fraction of sp³-hybridized carbons (Fsp3) is 0.705. The molecule has 16 nitrogen and oxygen atoms in total. The van der Waals surface area contributed by atoms with E-state index in [0.29, 0.717) is 0 Å². The molecule has 4 aliphatic rings. The average molecular weight is 846 g/mol. The third kappa shape index (κ3) is 8.42. The molecular weight excluding hydrogens is 782 g/mol. The molecular formula is C44H63NO15. The fourth-order valence-corrected chi connectivity index (χ4v) is 10.3. The molecule has 1 aromatic rings. The van der Waals surface area contributed by atoms with E-state index in [1.54, 1.807) is 59.7 Å². The predicted molar refractivity (Wildman–Crippen MR) is 213 cm³/mol. The van der Waals surface area contributed by atoms with E-state index in [4.69, 9.17) is 28.4 Å². The predicted octanol–water partition coefficient (Wildman–Crippen LogP) is 3.69. The topological polar surface area (TPSA) is 234 Å². The Morgan fingerprint density at radius 1 is 0.933 bits per heavy atom. The van der Waals surface area contributed by atoms with E-state index in [0.717, 1.165) is 6.92 Å². The van der Waals surface area contributed by atoms with E-state index in [2.05, 4.69) is 5.32 Å². The van der Waals surface area contributed by atoms with E-state index in [1.807, 2.05) is 13.8 Å². The Balaban J connectivity index is 1.75. The number of esters is 4. The Labute approximate surface area is 351 Å². The van der Waals surface area contributed by atoms with Gasteiger partial charge in [-0.1, -0.05) is 52.8 Å². The Morgan fingerprint density at radius 3 is 2.12 bits per heavy atom. The van der Waals surface area contributed by atoms with E-state index in [9.17, 15) is 44.4 Å². The number of hydrogen-bond acceptors (Lipinski definition) is 15. The lowest BCUT2D eigenvalue weighted by Gasteiger charge is -2.70. The molecule has 5 N–H and O–H groups in total. The molecule has 3 aliphatic carbocycles. The normalized spacial score (nSPS) is 34.4. The van der Waals surface area contributed by atoms with Gasteiger partial charge in [-0.25, -0.2) is 14.4 Å². The first kappa shape index (κ1) is 47.0. The standard InChI is InChI=1S/C44H63NO15/c1-22(2)17-28(45-39(53)60-40(6,7)8)33(49)37(52)58-29-20-44(54)38(59-36(51)26-15-13-12-14-16-26)43-19-27(55-21-31(43)56-24(4)46)18-30(48)42(43,11)35(50)34(57-25(5)47)32(23(29)3)41(44,9)10/h12-16,22,27-31,33-35,38,48-50,54H,17-21H2,1-11H3,(H,45,53)/t27-,28+,29+,30+,31?,33-,34+,35+,38+,42+,43?,44-/m1/s1. The van der Waals surface area contributed by atoms with Crippen molar-refractivity contribution >= 4 is 30.0 Å². The van der Waals surface area contributed by atoms with Crippen LogP contribution in [0.5, 0.6) is 0 Å². The van der Waals surface area contributed by atoms with Crippen molar-refractivity contribution in [2.75, 3.05) is 6.61 Å². The molecule has 0 radical (unpaired) electrons. The molecule has 4 bridgehead atoms. The number of nitrogens with one attached hydrogen (secondary N) is 1. The van der Waals surface area contributed by atoms with E-state index >= 15 is 0 Å². The summed E-state index contributed by atoms with van der Waals surface area (Å²) >= 11 is 0. The van der Waals surface area contributed by atoms with Crippen LogP contribution < -0.4 is 5.32 Å². The quantitative estimate of drug-likeness (QED) is 0.128. The van der Waals surface area contributed by atoms with Crippen LogP contribution in [-0.4, -0.2) is 123 Å². The lowest BCUT2D eigenvalue weighted by molar-refractivity contribution is -0.343. The van der Waals surface area contributed by atoms with Gasteiger partial charge in [0.1, 0.15) is 35.6 Å². The number of rotatable bonds is 10. The summed E-state index contributed by atoms with van der Waals surface area (Å²) in [5, 5.41) is 53.1. The Kier molecular flexibility index (Phi) is 13.3. The number of aliphatic hydroxyl groups is 4. The van der Waals surface area contributed by atoms with Crippen molar-refractivity contribution in [2.45, 2.75) is 168 Å². The molecule has 334 valence electrons. The summed E-state index contributed by atoms with van der Waals surface area (Å²) in [6.45, 7) is 17.0. The zero-order valence-corrected chi connectivity index (χ0v) is 36.5. The van der Waals surface area contributed by atoms with Crippen molar-refractivity contribution in [1.82, 2.24) is 5.32 Å². The molecule has 2 saturated carbocycles. The Morgan fingerprint density at radius 2 is 1.55 bits per heavy atom. The van der Waals surface area contributed by atoms with Crippen molar-refractivity contribution in [3.05, 3.63) is 47.0 Å². The number of aliphatic hydroxyl groups excluding tert-OH is 3. The van der Waals surface area contributed by atoms with Gasteiger partial charge in [0.15, 0.2) is 12.2 Å². The second kappa shape index (κ2) is 17.0. The van der Waals surface area contributed by atoms with Gasteiger partial charge in [-0.05, 0) is 69.7 Å². The highest BCUT2D eigenvalue weighted by atomic mass is 16.6. The maximum absolute atomic E-state index is 14.4. The first-order valence-electron chi connectivity index (χ1n) is 20.6. The van der Waals surface area contributed by atoms with Gasteiger partial charge in [0.25, 0.3) is 0 Å². The zero-order chi connectivity index (χ0) is 44.9. The molecule has 1 aromatic carbocycles. The van der Waals surface area contributed by atoms with Crippen LogP contribution >= 0.6 is 0 Å². The maximum atomic E-state index is 14.4. The molecule has 16 heteroatoms. The smallest absolute Gasteiger partial charge is 0.407 e. The summed E-state index contributed by atoms with van der Waals surface area (Å²) in [5.41, 5.74) is -8.09. The van der Waals surface area contributed by atoms with Crippen molar-refractivity contribution in [3.63, 3.8) is 0 Å². The SMILES string of the molecule is CC(=O)OC1CO[C@@H]2C[C@H](O)[C@@]3(C)[C@@H](O)[C@@H](OC(C)=O)C4=C(C)[C@@H](OC(=O)[C@H](O)[C@H](CC(C)C)NC(=O)OC(C)(C)C)C[C@@](O)([C@@H](OC(=O)c5ccccc5)C13C2)C4(C)C. The molecule has 5 rings (SSSR count). The van der Waals surface area contributed by atoms with E-state index < -0.39 is 119 Å². The van der Waals surface area contributed by atoms with Crippen LogP contribution in [0.25, 0.3) is 0 Å². The number of fused-ring (bicyclic) bond motifs is 3. The summed E-state index contributed by atoms with van der Waals surface area (Å²) in [4.78, 5) is 67.3. The maximum Gasteiger partial charge on any atom is 0.407 e. The summed E-state index contributed by atoms with van der Waals surface area (Å²) in [5.74, 6) is -3.77. The summed E-state index contributed by atoms with van der Waals surface area (Å²) in [7, 11) is 0. The number of alkyl carbamates (subject to hydrolysis) is 1. The minimum atomic E-state index is -2.34. The number of carbonyl (C=O) groups is 5. The molecule has 1 heterocycles. The van der Waals surface area contributed by atoms with Crippen molar-refractivity contribution in [3.8, 4) is 0 Å². The number of hydrogen-bond donors (Lipinski definition) is 5. The molecule has 1 saturated heterocycles. The van der Waals surface area contributed by atoms with Gasteiger partial charge in [-0.15, -0.1) is 0 Å². The highest BCUT2D eigenvalue weighted by molar-refractivity contribution is 5.89. The van der Waals surface area contributed by atoms with Gasteiger partial charge in [-0.3, -0.25) is 9.59 Å². The Bertz CT molecular complexity index is 1840. The molecule has 3 fully saturated rings.